The third-order valence-corrected chi connectivity index (χ3v) is 4.75. The summed E-state index contributed by atoms with van der Waals surface area (Å²) < 4.78 is 6.32. The van der Waals surface area contributed by atoms with Gasteiger partial charge in [-0.05, 0) is 43.7 Å². The summed E-state index contributed by atoms with van der Waals surface area (Å²) in [4.78, 5) is 11.9. The number of hydrogen-bond acceptors (Lipinski definition) is 2. The lowest BCUT2D eigenvalue weighted by atomic mass is 9.85. The quantitative estimate of drug-likeness (QED) is 0.797. The lowest BCUT2D eigenvalue weighted by Crippen LogP contribution is -2.31. The molecular formula is C21H24O2. The first kappa shape index (κ1) is 15.9. The van der Waals surface area contributed by atoms with E-state index in [1.54, 1.807) is 6.92 Å². The van der Waals surface area contributed by atoms with Gasteiger partial charge in [-0.15, -0.1) is 0 Å². The molecule has 0 amide bonds. The summed E-state index contributed by atoms with van der Waals surface area (Å²) in [5.41, 5.74) is 2.51. The van der Waals surface area contributed by atoms with Crippen molar-refractivity contribution in [3.05, 3.63) is 71.8 Å². The number of rotatable bonds is 5. The van der Waals surface area contributed by atoms with Crippen molar-refractivity contribution in [3.8, 4) is 0 Å². The molecule has 0 saturated carbocycles. The summed E-state index contributed by atoms with van der Waals surface area (Å²) in [5.74, 6) is 0.411. The zero-order valence-corrected chi connectivity index (χ0v) is 13.7. The fourth-order valence-electron chi connectivity index (χ4n) is 3.39. The van der Waals surface area contributed by atoms with Crippen molar-refractivity contribution in [1.29, 1.82) is 0 Å². The van der Waals surface area contributed by atoms with Crippen molar-refractivity contribution in [2.24, 2.45) is 5.92 Å². The van der Waals surface area contributed by atoms with Crippen LogP contribution in [0.1, 0.15) is 43.4 Å². The van der Waals surface area contributed by atoms with E-state index in [-0.39, 0.29) is 18.1 Å². The molecule has 2 nitrogen and oxygen atoms in total. The van der Waals surface area contributed by atoms with E-state index >= 15 is 0 Å². The average Bonchev–Trinajstić information content (AvgIpc) is 2.61. The van der Waals surface area contributed by atoms with E-state index in [4.69, 9.17) is 4.74 Å². The van der Waals surface area contributed by atoms with Gasteiger partial charge in [-0.25, -0.2) is 0 Å². The lowest BCUT2D eigenvalue weighted by molar-refractivity contribution is -0.131. The second-order valence-electron chi connectivity index (χ2n) is 6.46. The maximum absolute atomic E-state index is 11.9. The lowest BCUT2D eigenvalue weighted by Gasteiger charge is -2.35. The number of carbonyl (C=O) groups excluding carboxylic acids is 1. The molecule has 3 atom stereocenters. The summed E-state index contributed by atoms with van der Waals surface area (Å²) in [6, 6.07) is 20.8. The monoisotopic (exact) mass is 308 g/mol. The maximum Gasteiger partial charge on any atom is 0.133 e. The average molecular weight is 308 g/mol. The van der Waals surface area contributed by atoms with E-state index < -0.39 is 0 Å². The number of hydrogen-bond donors (Lipinski definition) is 0. The predicted molar refractivity (Wildman–Crippen MR) is 92.2 cm³/mol. The highest BCUT2D eigenvalue weighted by atomic mass is 16.5. The molecule has 1 saturated heterocycles. The second kappa shape index (κ2) is 7.56. The van der Waals surface area contributed by atoms with Gasteiger partial charge in [0.25, 0.3) is 0 Å². The van der Waals surface area contributed by atoms with Crippen LogP contribution in [0, 0.1) is 5.92 Å². The number of ketones is 1. The second-order valence-corrected chi connectivity index (χ2v) is 6.46. The number of carbonyl (C=O) groups is 1. The zero-order chi connectivity index (χ0) is 16.1. The Kier molecular flexibility index (Phi) is 5.24. The zero-order valence-electron chi connectivity index (χ0n) is 13.7. The molecule has 0 radical (unpaired) electrons. The van der Waals surface area contributed by atoms with E-state index in [0.717, 1.165) is 25.7 Å². The van der Waals surface area contributed by atoms with E-state index in [2.05, 4.69) is 36.4 Å². The fraction of sp³-hybridized carbons (Fsp3) is 0.381. The van der Waals surface area contributed by atoms with Crippen LogP contribution in [-0.4, -0.2) is 11.9 Å². The van der Waals surface area contributed by atoms with Gasteiger partial charge in [-0.3, -0.25) is 4.79 Å². The molecule has 0 aromatic heterocycles. The van der Waals surface area contributed by atoms with E-state index in [9.17, 15) is 4.79 Å². The normalized spacial score (nSPS) is 24.3. The Balaban J connectivity index is 1.68. The van der Waals surface area contributed by atoms with Crippen LogP contribution in [-0.2, 0) is 16.0 Å². The Bertz CT molecular complexity index is 621. The Morgan fingerprint density at radius 3 is 2.30 bits per heavy atom. The third kappa shape index (κ3) is 4.29. The van der Waals surface area contributed by atoms with Crippen LogP contribution in [0.5, 0.6) is 0 Å². The molecule has 1 fully saturated rings. The van der Waals surface area contributed by atoms with Crippen molar-refractivity contribution in [1.82, 2.24) is 0 Å². The molecule has 23 heavy (non-hydrogen) atoms. The molecular weight excluding hydrogens is 284 g/mol. The molecule has 1 heterocycles. The van der Waals surface area contributed by atoms with Gasteiger partial charge >= 0.3 is 0 Å². The van der Waals surface area contributed by atoms with Gasteiger partial charge in [0, 0.05) is 5.92 Å². The third-order valence-electron chi connectivity index (χ3n) is 4.75. The molecule has 0 bridgehead atoms. The number of Topliss-reactive ketones (excluding diaryl/α,β-unsaturated/α-hetero) is 1. The topological polar surface area (TPSA) is 26.3 Å². The minimum absolute atomic E-state index is 0.0413. The molecule has 1 aliphatic rings. The van der Waals surface area contributed by atoms with E-state index in [1.807, 2.05) is 24.3 Å². The van der Waals surface area contributed by atoms with Gasteiger partial charge in [-0.2, -0.15) is 0 Å². The van der Waals surface area contributed by atoms with Crippen LogP contribution in [0.2, 0.25) is 0 Å². The highest BCUT2D eigenvalue weighted by molar-refractivity contribution is 5.78. The van der Waals surface area contributed by atoms with Gasteiger partial charge in [0.05, 0.1) is 12.2 Å². The van der Waals surface area contributed by atoms with Crippen molar-refractivity contribution in [3.63, 3.8) is 0 Å². The van der Waals surface area contributed by atoms with Crippen molar-refractivity contribution in [2.45, 2.75) is 44.8 Å². The van der Waals surface area contributed by atoms with Crippen LogP contribution >= 0.6 is 0 Å². The fourth-order valence-corrected chi connectivity index (χ4v) is 3.39. The SMILES string of the molecule is CC(=O)[C@@H]1C[C@@H](CCc2ccccc2)O[C@@H](c2ccccc2)C1. The van der Waals surface area contributed by atoms with Crippen LogP contribution in [0.4, 0.5) is 0 Å². The van der Waals surface area contributed by atoms with E-state index in [1.165, 1.54) is 11.1 Å². The minimum atomic E-state index is 0.0413. The highest BCUT2D eigenvalue weighted by Gasteiger charge is 2.32. The largest absolute Gasteiger partial charge is 0.370 e. The molecule has 0 unspecified atom stereocenters. The smallest absolute Gasteiger partial charge is 0.133 e. The molecule has 1 aliphatic heterocycles. The first-order valence-electron chi connectivity index (χ1n) is 8.47. The summed E-state index contributed by atoms with van der Waals surface area (Å²) >= 11 is 0. The Morgan fingerprint density at radius 1 is 1.00 bits per heavy atom. The van der Waals surface area contributed by atoms with Crippen LogP contribution < -0.4 is 0 Å². The van der Waals surface area contributed by atoms with Crippen LogP contribution in [0.25, 0.3) is 0 Å². The molecule has 3 rings (SSSR count). The minimum Gasteiger partial charge on any atom is -0.370 e. The first-order chi connectivity index (χ1) is 11.2. The van der Waals surface area contributed by atoms with Gasteiger partial charge in [0.2, 0.25) is 0 Å². The van der Waals surface area contributed by atoms with Crippen molar-refractivity contribution < 1.29 is 9.53 Å². The van der Waals surface area contributed by atoms with Crippen molar-refractivity contribution >= 4 is 5.78 Å². The number of benzene rings is 2. The first-order valence-corrected chi connectivity index (χ1v) is 8.47. The standard InChI is InChI=1S/C21H24O2/c1-16(22)19-14-20(13-12-17-8-4-2-5-9-17)23-21(15-19)18-10-6-3-7-11-18/h2-11,19-21H,12-15H2,1H3/t19-,20-,21-/m1/s1. The summed E-state index contributed by atoms with van der Waals surface area (Å²) in [7, 11) is 0. The summed E-state index contributed by atoms with van der Waals surface area (Å²) in [6.07, 6.45) is 3.82. The molecule has 2 aromatic carbocycles. The van der Waals surface area contributed by atoms with Gasteiger partial charge in [0.15, 0.2) is 0 Å². The van der Waals surface area contributed by atoms with Crippen LogP contribution in [0.15, 0.2) is 60.7 Å². The molecule has 2 heteroatoms. The van der Waals surface area contributed by atoms with Crippen LogP contribution in [0.3, 0.4) is 0 Å². The Morgan fingerprint density at radius 2 is 1.65 bits per heavy atom. The molecule has 0 aliphatic carbocycles. The Labute approximate surface area is 138 Å². The highest BCUT2D eigenvalue weighted by Crippen LogP contribution is 2.36. The summed E-state index contributed by atoms with van der Waals surface area (Å²) in [6.45, 7) is 1.71. The molecule has 120 valence electrons. The number of aryl methyl sites for hydroxylation is 1. The van der Waals surface area contributed by atoms with Gasteiger partial charge < -0.3 is 4.74 Å². The maximum atomic E-state index is 11.9. The van der Waals surface area contributed by atoms with Crippen molar-refractivity contribution in [2.75, 3.05) is 0 Å². The van der Waals surface area contributed by atoms with Gasteiger partial charge in [-0.1, -0.05) is 60.7 Å². The van der Waals surface area contributed by atoms with Gasteiger partial charge in [0.1, 0.15) is 5.78 Å². The molecule has 0 spiro atoms. The van der Waals surface area contributed by atoms with E-state index in [0.29, 0.717) is 5.78 Å². The summed E-state index contributed by atoms with van der Waals surface area (Å²) in [5, 5.41) is 0. The number of ether oxygens (including phenoxy) is 1. The predicted octanol–water partition coefficient (Wildman–Crippen LogP) is 4.74. The molecule has 2 aromatic rings. The Hall–Kier alpha value is -1.93. The molecule has 0 N–H and O–H groups in total.